The van der Waals surface area contributed by atoms with Crippen LogP contribution in [0.5, 0.6) is 17.2 Å². The Bertz CT molecular complexity index is 522. The maximum atomic E-state index is 13.1. The first-order valence-electron chi connectivity index (χ1n) is 7.39. The van der Waals surface area contributed by atoms with Crippen molar-refractivity contribution in [3.05, 3.63) is 17.7 Å². The number of halogens is 2. The molecule has 0 aromatic heterocycles. The highest BCUT2D eigenvalue weighted by atomic mass is 19.3. The Kier molecular flexibility index (Phi) is 4.63. The van der Waals surface area contributed by atoms with Gasteiger partial charge in [-0.05, 0) is 17.7 Å². The number of methoxy groups -OCH3 is 1. The topological polar surface area (TPSA) is 43.0 Å². The van der Waals surface area contributed by atoms with Crippen molar-refractivity contribution in [2.75, 3.05) is 40.1 Å². The fourth-order valence-electron chi connectivity index (χ4n) is 3.00. The van der Waals surface area contributed by atoms with Crippen LogP contribution < -0.4 is 19.5 Å². The predicted octanol–water partition coefficient (Wildman–Crippen LogP) is 2.03. The summed E-state index contributed by atoms with van der Waals surface area (Å²) in [5, 5.41) is 3.24. The van der Waals surface area contributed by atoms with Gasteiger partial charge in [0.25, 0.3) is 0 Å². The molecule has 0 radical (unpaired) electrons. The van der Waals surface area contributed by atoms with Gasteiger partial charge < -0.3 is 19.5 Å². The summed E-state index contributed by atoms with van der Waals surface area (Å²) in [6.07, 6.45) is -2.57. The summed E-state index contributed by atoms with van der Waals surface area (Å²) >= 11 is 0. The molecule has 0 bridgehead atoms. The van der Waals surface area contributed by atoms with Crippen molar-refractivity contribution in [2.24, 2.45) is 0 Å². The van der Waals surface area contributed by atoms with Gasteiger partial charge in [-0.2, -0.15) is 0 Å². The zero-order valence-electron chi connectivity index (χ0n) is 12.5. The van der Waals surface area contributed by atoms with Gasteiger partial charge in [-0.1, -0.05) is 0 Å². The molecule has 1 atom stereocenters. The second kappa shape index (κ2) is 6.66. The van der Waals surface area contributed by atoms with E-state index in [0.29, 0.717) is 17.2 Å². The number of hydrogen-bond acceptors (Lipinski definition) is 5. The fraction of sp³-hybridized carbons (Fsp3) is 0.600. The van der Waals surface area contributed by atoms with E-state index >= 15 is 0 Å². The quantitative estimate of drug-likeness (QED) is 0.901. The zero-order valence-corrected chi connectivity index (χ0v) is 12.5. The average molecular weight is 314 g/mol. The van der Waals surface area contributed by atoms with Crippen molar-refractivity contribution >= 4 is 0 Å². The lowest BCUT2D eigenvalue weighted by Gasteiger charge is -2.35. The second-order valence-electron chi connectivity index (χ2n) is 5.39. The van der Waals surface area contributed by atoms with Crippen molar-refractivity contribution in [1.29, 1.82) is 0 Å². The van der Waals surface area contributed by atoms with E-state index in [9.17, 15) is 8.78 Å². The van der Waals surface area contributed by atoms with Crippen molar-refractivity contribution in [3.63, 3.8) is 0 Å². The summed E-state index contributed by atoms with van der Waals surface area (Å²) in [6, 6.07) is 3.22. The zero-order chi connectivity index (χ0) is 15.5. The van der Waals surface area contributed by atoms with E-state index < -0.39 is 6.43 Å². The molecular formula is C15H20F2N2O3. The van der Waals surface area contributed by atoms with Crippen LogP contribution in [-0.4, -0.2) is 51.4 Å². The van der Waals surface area contributed by atoms with Crippen LogP contribution in [0.4, 0.5) is 8.78 Å². The molecule has 1 N–H and O–H groups in total. The summed E-state index contributed by atoms with van der Waals surface area (Å²) in [4.78, 5) is 2.08. The molecule has 0 spiro atoms. The first-order chi connectivity index (χ1) is 10.7. The van der Waals surface area contributed by atoms with Crippen LogP contribution >= 0.6 is 0 Å². The molecule has 5 nitrogen and oxygen atoms in total. The monoisotopic (exact) mass is 314 g/mol. The van der Waals surface area contributed by atoms with Crippen LogP contribution in [0, 0.1) is 0 Å². The maximum Gasteiger partial charge on any atom is 0.240 e. The highest BCUT2D eigenvalue weighted by Crippen LogP contribution is 2.44. The smallest absolute Gasteiger partial charge is 0.240 e. The molecule has 0 amide bonds. The minimum absolute atomic E-state index is 0.127. The van der Waals surface area contributed by atoms with Gasteiger partial charge >= 0.3 is 0 Å². The Balaban J connectivity index is 1.92. The van der Waals surface area contributed by atoms with Crippen LogP contribution in [0.2, 0.25) is 0 Å². The van der Waals surface area contributed by atoms with E-state index in [1.165, 1.54) is 7.11 Å². The molecule has 7 heteroatoms. The molecule has 0 saturated carbocycles. The fourth-order valence-corrected chi connectivity index (χ4v) is 3.00. The van der Waals surface area contributed by atoms with Crippen LogP contribution in [-0.2, 0) is 0 Å². The van der Waals surface area contributed by atoms with Crippen LogP contribution in [0.3, 0.4) is 0 Å². The molecule has 0 aliphatic carbocycles. The van der Waals surface area contributed by atoms with Crippen molar-refractivity contribution < 1.29 is 23.0 Å². The molecule has 3 rings (SSSR count). The van der Waals surface area contributed by atoms with E-state index in [1.54, 1.807) is 12.1 Å². The van der Waals surface area contributed by atoms with Crippen molar-refractivity contribution in [2.45, 2.75) is 18.9 Å². The van der Waals surface area contributed by atoms with E-state index in [1.807, 2.05) is 0 Å². The summed E-state index contributed by atoms with van der Waals surface area (Å²) in [5.41, 5.74) is 0.781. The predicted molar refractivity (Wildman–Crippen MR) is 76.9 cm³/mol. The molecule has 2 heterocycles. The number of benzene rings is 1. The van der Waals surface area contributed by atoms with Gasteiger partial charge in [-0.15, -0.1) is 0 Å². The first kappa shape index (κ1) is 15.3. The molecular weight excluding hydrogens is 294 g/mol. The Morgan fingerprint density at radius 2 is 2.05 bits per heavy atom. The number of fused-ring (bicyclic) bond motifs is 1. The average Bonchev–Trinajstić information content (AvgIpc) is 3.00. The van der Waals surface area contributed by atoms with Crippen LogP contribution in [0.15, 0.2) is 12.1 Å². The number of nitrogens with one attached hydrogen (secondary N) is 1. The number of piperazine rings is 1. The van der Waals surface area contributed by atoms with Gasteiger partial charge in [0.15, 0.2) is 11.5 Å². The normalized spacial score (nSPS) is 19.5. The third-order valence-electron chi connectivity index (χ3n) is 4.06. The SMILES string of the molecule is COc1cc([C@H](CC(F)F)N2CCNCC2)cc2c1OCO2. The summed E-state index contributed by atoms with van der Waals surface area (Å²) in [6.45, 7) is 3.23. The minimum Gasteiger partial charge on any atom is -0.493 e. The third-order valence-corrected chi connectivity index (χ3v) is 4.06. The Morgan fingerprint density at radius 3 is 2.73 bits per heavy atom. The summed E-state index contributed by atoms with van der Waals surface area (Å²) < 4.78 is 42.2. The molecule has 0 unspecified atom stereocenters. The molecule has 2 aliphatic heterocycles. The molecule has 1 saturated heterocycles. The van der Waals surface area contributed by atoms with E-state index in [2.05, 4.69) is 10.2 Å². The summed E-state index contributed by atoms with van der Waals surface area (Å²) in [7, 11) is 1.54. The van der Waals surface area contributed by atoms with Gasteiger partial charge in [0.1, 0.15) is 0 Å². The Labute approximate surface area is 128 Å². The Hall–Kier alpha value is -1.60. The van der Waals surface area contributed by atoms with Crippen molar-refractivity contribution in [3.8, 4) is 17.2 Å². The van der Waals surface area contributed by atoms with Gasteiger partial charge in [0.2, 0.25) is 19.0 Å². The molecule has 122 valence electrons. The lowest BCUT2D eigenvalue weighted by atomic mass is 10.00. The van der Waals surface area contributed by atoms with E-state index in [0.717, 1.165) is 31.7 Å². The number of rotatable bonds is 5. The molecule has 1 aromatic carbocycles. The molecule has 1 fully saturated rings. The Morgan fingerprint density at radius 1 is 1.27 bits per heavy atom. The molecule has 22 heavy (non-hydrogen) atoms. The second-order valence-corrected chi connectivity index (χ2v) is 5.39. The van der Waals surface area contributed by atoms with E-state index in [4.69, 9.17) is 14.2 Å². The number of ether oxygens (including phenoxy) is 3. The van der Waals surface area contributed by atoms with Gasteiger partial charge in [0.05, 0.1) is 7.11 Å². The van der Waals surface area contributed by atoms with Crippen LogP contribution in [0.25, 0.3) is 0 Å². The highest BCUT2D eigenvalue weighted by Gasteiger charge is 2.29. The lowest BCUT2D eigenvalue weighted by Crippen LogP contribution is -2.45. The van der Waals surface area contributed by atoms with Gasteiger partial charge in [0, 0.05) is 38.6 Å². The highest BCUT2D eigenvalue weighted by molar-refractivity contribution is 5.55. The number of alkyl halides is 2. The summed E-state index contributed by atoms with van der Waals surface area (Å²) in [5.74, 6) is 1.63. The van der Waals surface area contributed by atoms with Gasteiger partial charge in [-0.25, -0.2) is 8.78 Å². The number of nitrogens with zero attached hydrogens (tertiary/aromatic N) is 1. The van der Waals surface area contributed by atoms with Crippen molar-refractivity contribution in [1.82, 2.24) is 10.2 Å². The maximum absolute atomic E-state index is 13.1. The van der Waals surface area contributed by atoms with Gasteiger partial charge in [-0.3, -0.25) is 4.90 Å². The lowest BCUT2D eigenvalue weighted by molar-refractivity contribution is 0.0737. The molecule has 1 aromatic rings. The standard InChI is InChI=1S/C15H20F2N2O3/c1-20-12-6-10(7-13-15(12)22-9-21-13)11(8-14(16)17)19-4-2-18-3-5-19/h6-7,11,14,18H,2-5,8-9H2,1H3/t11-/m0/s1. The van der Waals surface area contributed by atoms with E-state index in [-0.39, 0.29) is 19.3 Å². The third kappa shape index (κ3) is 3.10. The largest absolute Gasteiger partial charge is 0.493 e. The number of hydrogen-bond donors (Lipinski definition) is 1. The minimum atomic E-state index is -2.36. The van der Waals surface area contributed by atoms with Crippen LogP contribution in [0.1, 0.15) is 18.0 Å². The molecule has 2 aliphatic rings. The first-order valence-corrected chi connectivity index (χ1v) is 7.39.